The third kappa shape index (κ3) is 5.43. The van der Waals surface area contributed by atoms with Crippen molar-refractivity contribution < 1.29 is 18.4 Å². The summed E-state index contributed by atoms with van der Waals surface area (Å²) >= 11 is 37.9. The van der Waals surface area contributed by atoms with E-state index < -0.39 is 13.8 Å². The molecule has 1 heterocycles. The highest BCUT2D eigenvalue weighted by atomic mass is 35.5. The topological polar surface area (TPSA) is 76.7 Å². The molecule has 0 bridgehead atoms. The summed E-state index contributed by atoms with van der Waals surface area (Å²) in [5.74, 6) is -0.129. The summed E-state index contributed by atoms with van der Waals surface area (Å²) in [6, 6.07) is 1.91. The van der Waals surface area contributed by atoms with Gasteiger partial charge < -0.3 is 14.4 Å². The molecule has 1 fully saturated rings. The molecule has 13 heteroatoms. The smallest absolute Gasteiger partial charge is 0.398 e. The second-order valence-electron chi connectivity index (χ2n) is 7.70. The second-order valence-corrected chi connectivity index (χ2v) is 11.7. The maximum absolute atomic E-state index is 13.8. The van der Waals surface area contributed by atoms with E-state index >= 15 is 0 Å². The Morgan fingerprint density at radius 3 is 1.79 bits per heavy atom. The molecule has 2 aromatic rings. The number of rotatable bonds is 2. The van der Waals surface area contributed by atoms with Crippen LogP contribution in [0.1, 0.15) is 43.2 Å². The Balaban J connectivity index is 1.79. The predicted octanol–water partition coefficient (Wildman–Crippen LogP) is 8.71. The zero-order valence-electron chi connectivity index (χ0n) is 16.8. The predicted molar refractivity (Wildman–Crippen MR) is 133 cm³/mol. The molecule has 0 atom stereocenters. The molecule has 2 aliphatic rings. The van der Waals surface area contributed by atoms with Crippen molar-refractivity contribution in [2.24, 2.45) is 0 Å². The minimum atomic E-state index is -4.43. The van der Waals surface area contributed by atoms with Crippen LogP contribution in [0.3, 0.4) is 0 Å². The van der Waals surface area contributed by atoms with Gasteiger partial charge in [-0.25, -0.2) is 14.4 Å². The van der Waals surface area contributed by atoms with Crippen molar-refractivity contribution >= 4 is 83.4 Å². The number of fused-ring (bicyclic) bond motifs is 2. The summed E-state index contributed by atoms with van der Waals surface area (Å²) in [5.41, 5.74) is 0.572. The molecule has 0 radical (unpaired) electrons. The van der Waals surface area contributed by atoms with Gasteiger partial charge in [-0.2, -0.15) is 0 Å². The second kappa shape index (κ2) is 10.1. The number of hydrogen-bond acceptors (Lipinski definition) is 4. The van der Waals surface area contributed by atoms with Crippen molar-refractivity contribution in [2.75, 3.05) is 0 Å². The van der Waals surface area contributed by atoms with Crippen LogP contribution in [0, 0.1) is 0 Å². The molecule has 2 amide bonds. The maximum atomic E-state index is 13.8. The monoisotopic (exact) mass is 590 g/mol. The molecule has 2 aromatic carbocycles. The van der Waals surface area contributed by atoms with Gasteiger partial charge in [0.25, 0.3) is 0 Å². The van der Waals surface area contributed by atoms with Crippen LogP contribution < -0.4 is 19.5 Å². The van der Waals surface area contributed by atoms with Gasteiger partial charge in [-0.3, -0.25) is 0 Å². The van der Waals surface area contributed by atoms with Gasteiger partial charge in [-0.1, -0.05) is 88.9 Å². The van der Waals surface area contributed by atoms with Gasteiger partial charge in [0.15, 0.2) is 11.5 Å². The number of amides is 2. The zero-order valence-corrected chi connectivity index (χ0v) is 22.3. The molecule has 1 aliphatic carbocycles. The number of nitrogens with one attached hydrogen (secondary N) is 2. The zero-order chi connectivity index (χ0) is 23.9. The fourth-order valence-corrected chi connectivity index (χ4v) is 6.78. The van der Waals surface area contributed by atoms with E-state index in [0.717, 1.165) is 32.1 Å². The van der Waals surface area contributed by atoms with E-state index in [2.05, 4.69) is 10.4 Å². The first-order valence-electron chi connectivity index (χ1n) is 9.98. The Hall–Kier alpha value is -0.720. The quantitative estimate of drug-likeness (QED) is 0.270. The summed E-state index contributed by atoms with van der Waals surface area (Å²) in [4.78, 5) is 12.7. The van der Waals surface area contributed by atoms with Gasteiger partial charge in [0.2, 0.25) is 0 Å². The van der Waals surface area contributed by atoms with E-state index in [4.69, 9.17) is 78.7 Å². The minimum absolute atomic E-state index is 0.0111. The van der Waals surface area contributed by atoms with Crippen LogP contribution in [-0.4, -0.2) is 12.1 Å². The first-order chi connectivity index (χ1) is 15.6. The lowest BCUT2D eigenvalue weighted by molar-refractivity contribution is 0.234. The lowest BCUT2D eigenvalue weighted by Crippen LogP contribution is -2.42. The van der Waals surface area contributed by atoms with Crippen LogP contribution in [0.5, 0.6) is 11.5 Å². The van der Waals surface area contributed by atoms with E-state index in [9.17, 15) is 9.36 Å². The molecule has 1 aliphatic heterocycles. The number of halogens is 6. The van der Waals surface area contributed by atoms with E-state index in [-0.39, 0.29) is 65.2 Å². The average Bonchev–Trinajstić information content (AvgIpc) is 2.74. The van der Waals surface area contributed by atoms with Crippen LogP contribution in [-0.2, 0) is 11.0 Å². The van der Waals surface area contributed by atoms with Crippen LogP contribution >= 0.6 is 77.4 Å². The molecular weight excluding hydrogens is 576 g/mol. The normalized spacial score (nSPS) is 17.5. The summed E-state index contributed by atoms with van der Waals surface area (Å²) in [5, 5.41) is 5.65. The van der Waals surface area contributed by atoms with Crippen LogP contribution in [0.2, 0.25) is 30.1 Å². The van der Waals surface area contributed by atoms with E-state index in [1.165, 1.54) is 12.1 Å². The Bertz CT molecular complexity index is 1100. The Labute approximate surface area is 220 Å². The van der Waals surface area contributed by atoms with Gasteiger partial charge >= 0.3 is 13.8 Å². The fraction of sp³-hybridized carbons (Fsp3) is 0.350. The van der Waals surface area contributed by atoms with E-state index in [1.807, 2.05) is 0 Å². The van der Waals surface area contributed by atoms with Gasteiger partial charge in [0.05, 0.1) is 30.1 Å². The molecule has 1 saturated carbocycles. The molecule has 0 unspecified atom stereocenters. The van der Waals surface area contributed by atoms with Crippen molar-refractivity contribution in [3.05, 3.63) is 53.4 Å². The number of urea groups is 1. The van der Waals surface area contributed by atoms with Crippen LogP contribution in [0.4, 0.5) is 4.79 Å². The molecule has 0 saturated heterocycles. The van der Waals surface area contributed by atoms with Gasteiger partial charge in [0.1, 0.15) is 0 Å². The van der Waals surface area contributed by atoms with Crippen molar-refractivity contribution in [1.29, 1.82) is 0 Å². The van der Waals surface area contributed by atoms with Crippen molar-refractivity contribution in [2.45, 2.75) is 44.6 Å². The lowest BCUT2D eigenvalue weighted by atomic mass is 9.96. The third-order valence-electron chi connectivity index (χ3n) is 5.39. The van der Waals surface area contributed by atoms with Gasteiger partial charge in [0, 0.05) is 23.6 Å². The molecule has 33 heavy (non-hydrogen) atoms. The first kappa shape index (κ1) is 25.4. The summed E-state index contributed by atoms with van der Waals surface area (Å²) in [6.45, 7) is 0. The van der Waals surface area contributed by atoms with E-state index in [0.29, 0.717) is 0 Å². The maximum Gasteiger partial charge on any atom is 0.545 e. The SMILES string of the molecule is O=C(NC1CCCCC1)NP1(=O)Oc2c(Cl)cc(Cl)c(Cl)c2Cc2c(Cl)c(Cl)cc(Cl)c2O1. The molecule has 0 spiro atoms. The standard InChI is InChI=1S/C20H17Cl6N2O4P/c21-12-7-14(23)18-10(16(12)25)6-11-17(26)13(22)8-15(24)19(11)32-33(30,31-18)28-20(29)27-9-4-2-1-3-5-9/h7-9H,1-6H2,(H2,27,28,29,30). The molecule has 178 valence electrons. The van der Waals surface area contributed by atoms with E-state index in [1.54, 1.807) is 0 Å². The number of hydrogen-bond donors (Lipinski definition) is 2. The van der Waals surface area contributed by atoms with Gasteiger partial charge in [-0.15, -0.1) is 0 Å². The highest BCUT2D eigenvalue weighted by Crippen LogP contribution is 2.56. The highest BCUT2D eigenvalue weighted by molar-refractivity contribution is 7.53. The molecular formula is C20H17Cl6N2O4P. The van der Waals surface area contributed by atoms with Crippen LogP contribution in [0.15, 0.2) is 12.1 Å². The molecule has 0 aromatic heterocycles. The summed E-state index contributed by atoms with van der Waals surface area (Å²) in [6.07, 6.45) is 4.77. The van der Waals surface area contributed by atoms with Crippen molar-refractivity contribution in [3.63, 3.8) is 0 Å². The summed E-state index contributed by atoms with van der Waals surface area (Å²) in [7, 11) is -4.43. The number of carbonyl (C=O) groups excluding carboxylic acids is 1. The van der Waals surface area contributed by atoms with Gasteiger partial charge in [-0.05, 0) is 25.0 Å². The average molecular weight is 593 g/mol. The Morgan fingerprint density at radius 2 is 1.30 bits per heavy atom. The number of carbonyl (C=O) groups is 1. The summed E-state index contributed by atoms with van der Waals surface area (Å²) < 4.78 is 25.2. The minimum Gasteiger partial charge on any atom is -0.398 e. The number of benzene rings is 2. The molecule has 4 rings (SSSR count). The first-order valence-corrected chi connectivity index (χ1v) is 13.8. The third-order valence-corrected chi connectivity index (χ3v) is 8.93. The Kier molecular flexibility index (Phi) is 7.77. The Morgan fingerprint density at radius 1 is 0.818 bits per heavy atom. The fourth-order valence-electron chi connectivity index (χ4n) is 3.84. The largest absolute Gasteiger partial charge is 0.545 e. The lowest BCUT2D eigenvalue weighted by Gasteiger charge is -2.29. The molecule has 6 nitrogen and oxygen atoms in total. The molecule has 2 N–H and O–H groups in total. The highest BCUT2D eigenvalue weighted by Gasteiger charge is 2.39. The van der Waals surface area contributed by atoms with Crippen LogP contribution in [0.25, 0.3) is 0 Å². The van der Waals surface area contributed by atoms with Crippen molar-refractivity contribution in [1.82, 2.24) is 10.4 Å². The van der Waals surface area contributed by atoms with Crippen molar-refractivity contribution in [3.8, 4) is 11.5 Å².